The first kappa shape index (κ1) is 18.0. The molecule has 0 unspecified atom stereocenters. The van der Waals surface area contributed by atoms with Crippen molar-refractivity contribution in [2.45, 2.75) is 25.8 Å². The molecule has 0 radical (unpaired) electrons. The van der Waals surface area contributed by atoms with E-state index in [-0.39, 0.29) is 5.54 Å². The fraction of sp³-hybridized carbons (Fsp3) is 0.316. The first-order valence-electron chi connectivity index (χ1n) is 9.01. The van der Waals surface area contributed by atoms with E-state index in [9.17, 15) is 0 Å². The number of hydrogen-bond donors (Lipinski definition) is 2. The molecule has 1 aliphatic rings. The van der Waals surface area contributed by atoms with Crippen LogP contribution in [0.4, 0.5) is 5.82 Å². The summed E-state index contributed by atoms with van der Waals surface area (Å²) in [5.41, 5.74) is 3.66. The van der Waals surface area contributed by atoms with Crippen molar-refractivity contribution in [1.82, 2.24) is 24.5 Å². The molecule has 0 saturated carbocycles. The van der Waals surface area contributed by atoms with Gasteiger partial charge in [-0.15, -0.1) is 0 Å². The number of aromatic amines is 1. The average molecular weight is 509 g/mol. The minimum atomic E-state index is -0.178. The minimum absolute atomic E-state index is 0.178. The summed E-state index contributed by atoms with van der Waals surface area (Å²) in [5.74, 6) is 0.730. The van der Waals surface area contributed by atoms with E-state index in [2.05, 4.69) is 66.3 Å². The van der Waals surface area contributed by atoms with Gasteiger partial charge in [-0.1, -0.05) is 11.6 Å². The van der Waals surface area contributed by atoms with E-state index in [4.69, 9.17) is 16.3 Å². The number of halogens is 2. The number of anilines is 1. The largest absolute Gasteiger partial charge is 0.462 e. The topological polar surface area (TPSA) is 80.7 Å². The smallest absolute Gasteiger partial charge is 0.299 e. The molecule has 9 heteroatoms. The Kier molecular flexibility index (Phi) is 4.16. The van der Waals surface area contributed by atoms with Gasteiger partial charge < -0.3 is 15.0 Å². The lowest BCUT2D eigenvalue weighted by Crippen LogP contribution is -2.26. The Bertz CT molecular complexity index is 1210. The van der Waals surface area contributed by atoms with Crippen molar-refractivity contribution in [1.29, 1.82) is 0 Å². The van der Waals surface area contributed by atoms with Crippen LogP contribution in [0.5, 0.6) is 6.01 Å². The quantitative estimate of drug-likeness (QED) is 0.316. The molecule has 144 valence electrons. The van der Waals surface area contributed by atoms with Gasteiger partial charge in [0.1, 0.15) is 6.61 Å². The number of nitrogens with zero attached hydrogens (tertiary/aromatic N) is 4. The second-order valence-corrected chi connectivity index (χ2v) is 8.93. The molecule has 0 fully saturated rings. The SMILES string of the molecule is CC1(C)COc2nc3c(NCCc4c[nH]c5ccc(Cl)cc45)nc(I)nc3n21. The molecule has 0 spiro atoms. The highest BCUT2D eigenvalue weighted by molar-refractivity contribution is 14.1. The standard InChI is InChI=1S/C19H18ClIN6O/c1-19(2)9-28-18-24-14-15(25-17(21)26-16(14)27(18)19)22-6-5-10-8-23-13-4-3-11(20)7-12(10)13/h3-4,7-8,23H,5-6,9H2,1-2H3,(H,22,25,26). The maximum absolute atomic E-state index is 6.15. The number of H-pyrrole nitrogens is 1. The van der Waals surface area contributed by atoms with Crippen LogP contribution in [-0.4, -0.2) is 37.7 Å². The molecule has 0 aliphatic carbocycles. The predicted molar refractivity (Wildman–Crippen MR) is 118 cm³/mol. The molecule has 1 aliphatic heterocycles. The number of benzene rings is 1. The zero-order chi connectivity index (χ0) is 19.5. The molecule has 4 aromatic rings. The van der Waals surface area contributed by atoms with E-state index < -0.39 is 0 Å². The number of ether oxygens (including phenoxy) is 1. The van der Waals surface area contributed by atoms with Gasteiger partial charge in [0.2, 0.25) is 0 Å². The van der Waals surface area contributed by atoms with E-state index in [1.165, 1.54) is 5.56 Å². The monoisotopic (exact) mass is 508 g/mol. The number of hydrogen-bond acceptors (Lipinski definition) is 5. The first-order chi connectivity index (χ1) is 13.4. The Hall–Kier alpha value is -2.07. The molecule has 4 heterocycles. The Balaban J connectivity index is 1.43. The highest BCUT2D eigenvalue weighted by atomic mass is 127. The van der Waals surface area contributed by atoms with Crippen molar-refractivity contribution in [3.8, 4) is 6.01 Å². The molecule has 0 atom stereocenters. The van der Waals surface area contributed by atoms with Crippen molar-refractivity contribution in [2.24, 2.45) is 0 Å². The molecule has 3 aromatic heterocycles. The Morgan fingerprint density at radius 3 is 3.04 bits per heavy atom. The molecule has 5 rings (SSSR count). The number of nitrogens with one attached hydrogen (secondary N) is 2. The van der Waals surface area contributed by atoms with Crippen LogP contribution >= 0.6 is 34.2 Å². The summed E-state index contributed by atoms with van der Waals surface area (Å²) < 4.78 is 8.49. The summed E-state index contributed by atoms with van der Waals surface area (Å²) in [6.45, 7) is 5.55. The maximum atomic E-state index is 6.15. The van der Waals surface area contributed by atoms with Crippen LogP contribution in [0.3, 0.4) is 0 Å². The fourth-order valence-corrected chi connectivity index (χ4v) is 4.30. The van der Waals surface area contributed by atoms with Gasteiger partial charge in [0.15, 0.2) is 20.8 Å². The van der Waals surface area contributed by atoms with Gasteiger partial charge in [0.25, 0.3) is 6.01 Å². The third kappa shape index (κ3) is 2.89. The molecule has 0 bridgehead atoms. The predicted octanol–water partition coefficient (Wildman–Crippen LogP) is 4.35. The molecule has 0 saturated heterocycles. The summed E-state index contributed by atoms with van der Waals surface area (Å²) >= 11 is 8.29. The molecular weight excluding hydrogens is 491 g/mol. The molecule has 28 heavy (non-hydrogen) atoms. The number of rotatable bonds is 4. The average Bonchev–Trinajstić information content (AvgIpc) is 3.29. The molecule has 1 aromatic carbocycles. The summed E-state index contributed by atoms with van der Waals surface area (Å²) in [5, 5.41) is 5.31. The lowest BCUT2D eigenvalue weighted by atomic mass is 10.1. The van der Waals surface area contributed by atoms with Gasteiger partial charge in [-0.2, -0.15) is 4.98 Å². The Morgan fingerprint density at radius 1 is 1.32 bits per heavy atom. The van der Waals surface area contributed by atoms with E-state index in [1.807, 2.05) is 24.4 Å². The zero-order valence-corrected chi connectivity index (χ0v) is 18.3. The van der Waals surface area contributed by atoms with E-state index >= 15 is 0 Å². The van der Waals surface area contributed by atoms with Crippen LogP contribution in [0, 0.1) is 3.83 Å². The van der Waals surface area contributed by atoms with Crippen LogP contribution in [0.15, 0.2) is 24.4 Å². The molecule has 2 N–H and O–H groups in total. The fourth-order valence-electron chi connectivity index (χ4n) is 3.66. The number of fused-ring (bicyclic) bond motifs is 4. The second kappa shape index (κ2) is 6.48. The van der Waals surface area contributed by atoms with Crippen LogP contribution in [0.2, 0.25) is 5.02 Å². The van der Waals surface area contributed by atoms with Crippen molar-refractivity contribution >= 4 is 62.1 Å². The van der Waals surface area contributed by atoms with Crippen LogP contribution in [0.1, 0.15) is 19.4 Å². The lowest BCUT2D eigenvalue weighted by Gasteiger charge is -2.18. The summed E-state index contributed by atoms with van der Waals surface area (Å²) in [7, 11) is 0. The molecule has 7 nitrogen and oxygen atoms in total. The molecule has 0 amide bonds. The van der Waals surface area contributed by atoms with Crippen molar-refractivity contribution in [2.75, 3.05) is 18.5 Å². The van der Waals surface area contributed by atoms with Gasteiger partial charge >= 0.3 is 0 Å². The third-order valence-corrected chi connectivity index (χ3v) is 5.74. The number of aromatic nitrogens is 5. The highest BCUT2D eigenvalue weighted by Gasteiger charge is 2.35. The van der Waals surface area contributed by atoms with Crippen molar-refractivity contribution in [3.05, 3.63) is 38.8 Å². The zero-order valence-electron chi connectivity index (χ0n) is 15.4. The van der Waals surface area contributed by atoms with E-state index in [0.717, 1.165) is 39.3 Å². The maximum Gasteiger partial charge on any atom is 0.299 e. The van der Waals surface area contributed by atoms with Gasteiger partial charge in [-0.25, -0.2) is 9.97 Å². The minimum Gasteiger partial charge on any atom is -0.462 e. The van der Waals surface area contributed by atoms with E-state index in [1.54, 1.807) is 0 Å². The Morgan fingerprint density at radius 2 is 2.18 bits per heavy atom. The van der Waals surface area contributed by atoms with Gasteiger partial charge in [-0.3, -0.25) is 4.57 Å². The highest BCUT2D eigenvalue weighted by Crippen LogP contribution is 2.36. The molecular formula is C19H18ClIN6O. The second-order valence-electron chi connectivity index (χ2n) is 7.52. The third-order valence-electron chi connectivity index (χ3n) is 5.02. The summed E-state index contributed by atoms with van der Waals surface area (Å²) in [4.78, 5) is 17.1. The van der Waals surface area contributed by atoms with Crippen LogP contribution < -0.4 is 10.1 Å². The van der Waals surface area contributed by atoms with E-state index in [0.29, 0.717) is 23.0 Å². The van der Waals surface area contributed by atoms with Crippen LogP contribution in [0.25, 0.3) is 22.1 Å². The van der Waals surface area contributed by atoms with Crippen LogP contribution in [-0.2, 0) is 12.0 Å². The normalized spacial score (nSPS) is 15.1. The van der Waals surface area contributed by atoms with Crippen molar-refractivity contribution < 1.29 is 4.74 Å². The lowest BCUT2D eigenvalue weighted by molar-refractivity contribution is 0.268. The Labute approximate surface area is 180 Å². The van der Waals surface area contributed by atoms with Gasteiger partial charge in [0, 0.05) is 51.3 Å². The van der Waals surface area contributed by atoms with Crippen molar-refractivity contribution in [3.63, 3.8) is 0 Å². The summed E-state index contributed by atoms with van der Waals surface area (Å²) in [6, 6.07) is 6.49. The van der Waals surface area contributed by atoms with Gasteiger partial charge in [0.05, 0.1) is 5.54 Å². The first-order valence-corrected chi connectivity index (χ1v) is 10.5. The number of imidazole rings is 1. The summed E-state index contributed by atoms with van der Waals surface area (Å²) in [6.07, 6.45) is 2.86. The van der Waals surface area contributed by atoms with Gasteiger partial charge in [-0.05, 0) is 44.0 Å².